The molecule has 9 heteroatoms. The number of carbonyl (C=O) groups is 1. The van der Waals surface area contributed by atoms with E-state index in [0.717, 1.165) is 23.5 Å². The van der Waals surface area contributed by atoms with E-state index in [1.165, 1.54) is 35.4 Å². The maximum Gasteiger partial charge on any atom is 0.416 e. The van der Waals surface area contributed by atoms with Crippen molar-refractivity contribution in [3.8, 4) is 0 Å². The summed E-state index contributed by atoms with van der Waals surface area (Å²) >= 11 is 1.06. The maximum atomic E-state index is 14.0. The van der Waals surface area contributed by atoms with E-state index in [0.29, 0.717) is 10.5 Å². The largest absolute Gasteiger partial charge is 0.467 e. The Hall–Kier alpha value is -3.20. The molecule has 0 bridgehead atoms. The van der Waals surface area contributed by atoms with E-state index in [1.807, 2.05) is 0 Å². The molecule has 0 aliphatic rings. The highest BCUT2D eigenvalue weighted by Crippen LogP contribution is 2.33. The Bertz CT molecular complexity index is 1170. The quantitative estimate of drug-likeness (QED) is 0.387. The highest BCUT2D eigenvalue weighted by molar-refractivity contribution is 7.22. The zero-order valence-electron chi connectivity index (χ0n) is 14.6. The van der Waals surface area contributed by atoms with Crippen LogP contribution in [0.25, 0.3) is 10.2 Å². The Kier molecular flexibility index (Phi) is 4.83. The molecule has 4 rings (SSSR count). The van der Waals surface area contributed by atoms with Crippen LogP contribution in [0.15, 0.2) is 65.3 Å². The van der Waals surface area contributed by atoms with Gasteiger partial charge < -0.3 is 4.42 Å². The highest BCUT2D eigenvalue weighted by Gasteiger charge is 2.32. The lowest BCUT2D eigenvalue weighted by Gasteiger charge is -2.19. The van der Waals surface area contributed by atoms with Crippen molar-refractivity contribution in [2.45, 2.75) is 12.7 Å². The van der Waals surface area contributed by atoms with Crippen LogP contribution in [0.5, 0.6) is 0 Å². The van der Waals surface area contributed by atoms with Crippen LogP contribution in [0.3, 0.4) is 0 Å². The molecule has 0 atom stereocenters. The van der Waals surface area contributed by atoms with Crippen molar-refractivity contribution in [1.29, 1.82) is 0 Å². The number of alkyl halides is 3. The lowest BCUT2D eigenvalue weighted by atomic mass is 10.1. The molecule has 0 spiro atoms. The molecule has 2 aromatic heterocycles. The van der Waals surface area contributed by atoms with Gasteiger partial charge in [-0.2, -0.15) is 13.2 Å². The SMILES string of the molecule is O=C(c1cccc(C(F)(F)F)c1)N(Cc1ccco1)c1nc2c(F)cccc2s1. The van der Waals surface area contributed by atoms with Crippen molar-refractivity contribution in [1.82, 2.24) is 4.98 Å². The second-order valence-electron chi connectivity index (χ2n) is 6.13. The van der Waals surface area contributed by atoms with Gasteiger partial charge in [0, 0.05) is 5.56 Å². The third kappa shape index (κ3) is 3.86. The van der Waals surface area contributed by atoms with Crippen LogP contribution in [-0.4, -0.2) is 10.9 Å². The van der Waals surface area contributed by atoms with Crippen LogP contribution in [-0.2, 0) is 12.7 Å². The first-order valence-electron chi connectivity index (χ1n) is 8.39. The van der Waals surface area contributed by atoms with Crippen LogP contribution < -0.4 is 4.90 Å². The van der Waals surface area contributed by atoms with Gasteiger partial charge in [-0.05, 0) is 42.5 Å². The van der Waals surface area contributed by atoms with Gasteiger partial charge in [-0.25, -0.2) is 9.37 Å². The molecule has 2 heterocycles. The van der Waals surface area contributed by atoms with E-state index in [4.69, 9.17) is 4.42 Å². The predicted molar refractivity (Wildman–Crippen MR) is 100 cm³/mol. The number of thiazole rings is 1. The average Bonchev–Trinajstić information content (AvgIpc) is 3.35. The van der Waals surface area contributed by atoms with E-state index in [1.54, 1.807) is 18.2 Å². The van der Waals surface area contributed by atoms with Crippen LogP contribution in [0.2, 0.25) is 0 Å². The summed E-state index contributed by atoms with van der Waals surface area (Å²) in [6.45, 7) is -0.0660. The molecule has 4 nitrogen and oxygen atoms in total. The number of benzene rings is 2. The molecule has 29 heavy (non-hydrogen) atoms. The number of hydrogen-bond donors (Lipinski definition) is 0. The molecule has 0 aliphatic carbocycles. The molecule has 0 saturated heterocycles. The molecule has 0 N–H and O–H groups in total. The number of hydrogen-bond acceptors (Lipinski definition) is 4. The summed E-state index contributed by atoms with van der Waals surface area (Å²) in [4.78, 5) is 18.5. The van der Waals surface area contributed by atoms with E-state index in [9.17, 15) is 22.4 Å². The van der Waals surface area contributed by atoms with Gasteiger partial charge in [-0.15, -0.1) is 0 Å². The van der Waals surface area contributed by atoms with Crippen molar-refractivity contribution < 1.29 is 26.8 Å². The number of anilines is 1. The van der Waals surface area contributed by atoms with Crippen LogP contribution >= 0.6 is 11.3 Å². The van der Waals surface area contributed by atoms with Gasteiger partial charge in [0.25, 0.3) is 5.91 Å². The van der Waals surface area contributed by atoms with Crippen molar-refractivity contribution in [2.75, 3.05) is 4.90 Å². The Morgan fingerprint density at radius 3 is 2.59 bits per heavy atom. The van der Waals surface area contributed by atoms with Gasteiger partial charge in [0.1, 0.15) is 17.1 Å². The number of furan rings is 1. The number of amides is 1. The minimum Gasteiger partial charge on any atom is -0.467 e. The van der Waals surface area contributed by atoms with Crippen LogP contribution in [0.4, 0.5) is 22.7 Å². The van der Waals surface area contributed by atoms with Crippen molar-refractivity contribution in [2.24, 2.45) is 0 Å². The summed E-state index contributed by atoms with van der Waals surface area (Å²) in [6.07, 6.45) is -3.17. The maximum absolute atomic E-state index is 14.0. The Balaban J connectivity index is 1.78. The molecule has 0 saturated carbocycles. The predicted octanol–water partition coefficient (Wildman–Crippen LogP) is 5.89. The molecule has 0 fully saturated rings. The lowest BCUT2D eigenvalue weighted by Crippen LogP contribution is -2.30. The van der Waals surface area contributed by atoms with E-state index in [-0.39, 0.29) is 22.8 Å². The first-order chi connectivity index (χ1) is 13.8. The zero-order chi connectivity index (χ0) is 20.6. The van der Waals surface area contributed by atoms with Gasteiger partial charge in [-0.1, -0.05) is 23.5 Å². The fourth-order valence-corrected chi connectivity index (χ4v) is 3.77. The summed E-state index contributed by atoms with van der Waals surface area (Å²) < 4.78 is 59.0. The third-order valence-corrected chi connectivity index (χ3v) is 5.21. The molecular weight excluding hydrogens is 408 g/mol. The first kappa shape index (κ1) is 19.1. The van der Waals surface area contributed by atoms with Crippen molar-refractivity contribution >= 4 is 32.6 Å². The summed E-state index contributed by atoms with van der Waals surface area (Å²) in [5.41, 5.74) is -1.00. The van der Waals surface area contributed by atoms with Crippen LogP contribution in [0.1, 0.15) is 21.7 Å². The smallest absolute Gasteiger partial charge is 0.416 e. The number of rotatable bonds is 4. The second-order valence-corrected chi connectivity index (χ2v) is 7.14. The van der Waals surface area contributed by atoms with Gasteiger partial charge in [0.2, 0.25) is 0 Å². The van der Waals surface area contributed by atoms with E-state index >= 15 is 0 Å². The molecular formula is C20H12F4N2O2S. The Labute approximate surface area is 166 Å². The molecule has 0 radical (unpaired) electrons. The zero-order valence-corrected chi connectivity index (χ0v) is 15.4. The van der Waals surface area contributed by atoms with Crippen molar-refractivity contribution in [3.05, 3.63) is 83.6 Å². The van der Waals surface area contributed by atoms with Crippen LogP contribution in [0, 0.1) is 5.82 Å². The van der Waals surface area contributed by atoms with Gasteiger partial charge >= 0.3 is 6.18 Å². The number of aromatic nitrogens is 1. The number of fused-ring (bicyclic) bond motifs is 1. The number of halogens is 4. The normalized spacial score (nSPS) is 11.7. The fourth-order valence-electron chi connectivity index (χ4n) is 2.79. The number of para-hydroxylation sites is 1. The van der Waals surface area contributed by atoms with Gasteiger partial charge in [0.05, 0.1) is 23.1 Å². The molecule has 2 aromatic carbocycles. The average molecular weight is 420 g/mol. The first-order valence-corrected chi connectivity index (χ1v) is 9.21. The Morgan fingerprint density at radius 1 is 1.10 bits per heavy atom. The monoisotopic (exact) mass is 420 g/mol. The molecule has 148 valence electrons. The topological polar surface area (TPSA) is 46.3 Å². The molecule has 0 aliphatic heterocycles. The fraction of sp³-hybridized carbons (Fsp3) is 0.100. The van der Waals surface area contributed by atoms with Gasteiger partial charge in [0.15, 0.2) is 5.13 Å². The minimum absolute atomic E-state index is 0.0660. The third-order valence-electron chi connectivity index (χ3n) is 4.17. The summed E-state index contributed by atoms with van der Waals surface area (Å²) in [5, 5.41) is 0.156. The summed E-state index contributed by atoms with van der Waals surface area (Å²) in [7, 11) is 0. The van der Waals surface area contributed by atoms with Crippen molar-refractivity contribution in [3.63, 3.8) is 0 Å². The molecule has 0 unspecified atom stereocenters. The summed E-state index contributed by atoms with van der Waals surface area (Å²) in [6, 6.07) is 11.8. The van der Waals surface area contributed by atoms with E-state index in [2.05, 4.69) is 4.98 Å². The van der Waals surface area contributed by atoms with Gasteiger partial charge in [-0.3, -0.25) is 9.69 Å². The second kappa shape index (κ2) is 7.32. The molecule has 1 amide bonds. The number of nitrogens with zero attached hydrogens (tertiary/aromatic N) is 2. The lowest BCUT2D eigenvalue weighted by molar-refractivity contribution is -0.137. The Morgan fingerprint density at radius 2 is 1.90 bits per heavy atom. The minimum atomic E-state index is -4.58. The van der Waals surface area contributed by atoms with E-state index < -0.39 is 23.5 Å². The number of carbonyl (C=O) groups excluding carboxylic acids is 1. The summed E-state index contributed by atoms with van der Waals surface area (Å²) in [5.74, 6) is -0.841. The standard InChI is InChI=1S/C20H12F4N2O2S/c21-15-7-2-8-16-17(15)25-19(29-16)26(11-14-6-3-9-28-14)18(27)12-4-1-5-13(10-12)20(22,23)24/h1-10H,11H2. The molecule has 4 aromatic rings. The highest BCUT2D eigenvalue weighted by atomic mass is 32.1.